The molecule has 0 aliphatic carbocycles. The van der Waals surface area contributed by atoms with E-state index in [2.05, 4.69) is 25.7 Å². The molecule has 0 spiro atoms. The maximum atomic E-state index is 11.0. The normalized spacial score (nSPS) is 10.3. The third-order valence-corrected chi connectivity index (χ3v) is 2.58. The molecule has 0 atom stereocenters. The molecule has 82 valence electrons. The van der Waals surface area contributed by atoms with Gasteiger partial charge in [-0.25, -0.2) is 4.79 Å². The molecule has 6 nitrogen and oxygen atoms in total. The van der Waals surface area contributed by atoms with Gasteiger partial charge in [-0.1, -0.05) is 0 Å². The van der Waals surface area contributed by atoms with Gasteiger partial charge >= 0.3 is 10.6 Å². The Morgan fingerprint density at radius 1 is 1.44 bits per heavy atom. The van der Waals surface area contributed by atoms with Crippen LogP contribution in [0.2, 0.25) is 0 Å². The van der Waals surface area contributed by atoms with Crippen molar-refractivity contribution in [2.75, 3.05) is 0 Å². The Kier molecular flexibility index (Phi) is 2.61. The maximum absolute atomic E-state index is 11.0. The van der Waals surface area contributed by atoms with Gasteiger partial charge in [0.05, 0.1) is 10.8 Å². The highest BCUT2D eigenvalue weighted by Crippen LogP contribution is 2.16. The number of rotatable bonds is 2. The average Bonchev–Trinajstić information content (AvgIpc) is 2.60. The van der Waals surface area contributed by atoms with Crippen LogP contribution in [0.25, 0.3) is 5.69 Å². The van der Waals surface area contributed by atoms with E-state index in [1.807, 2.05) is 0 Å². The molecule has 16 heavy (non-hydrogen) atoms. The maximum Gasteiger partial charge on any atom is 0.335 e. The van der Waals surface area contributed by atoms with Gasteiger partial charge in [-0.15, -0.1) is 0 Å². The molecule has 2 aromatic rings. The van der Waals surface area contributed by atoms with Crippen molar-refractivity contribution in [1.82, 2.24) is 5.27 Å². The number of hydrogen-bond acceptors (Lipinski definition) is 4. The quantitative estimate of drug-likeness (QED) is 0.811. The fraction of sp³-hybridized carbons (Fsp3) is 0. The highest BCUT2D eigenvalue weighted by Gasteiger charge is 2.17. The van der Waals surface area contributed by atoms with Crippen molar-refractivity contribution in [3.05, 3.63) is 34.4 Å². The minimum atomic E-state index is -1.01. The summed E-state index contributed by atoms with van der Waals surface area (Å²) < 4.78 is 5.80. The lowest BCUT2D eigenvalue weighted by Gasteiger charge is -1.93. The van der Waals surface area contributed by atoms with E-state index in [-0.39, 0.29) is 10.2 Å². The van der Waals surface area contributed by atoms with Gasteiger partial charge in [0.1, 0.15) is 0 Å². The number of aromatic nitrogens is 2. The van der Waals surface area contributed by atoms with Gasteiger partial charge in [-0.2, -0.15) is 0 Å². The molecule has 0 amide bonds. The molecule has 2 rings (SSSR count). The van der Waals surface area contributed by atoms with Crippen LogP contribution in [0.1, 0.15) is 10.4 Å². The van der Waals surface area contributed by atoms with Gasteiger partial charge in [0, 0.05) is 28.1 Å². The van der Waals surface area contributed by atoms with E-state index >= 15 is 0 Å². The lowest BCUT2D eigenvalue weighted by Crippen LogP contribution is -2.33. The van der Waals surface area contributed by atoms with E-state index in [1.165, 1.54) is 28.9 Å². The van der Waals surface area contributed by atoms with Gasteiger partial charge in [0.25, 0.3) is 0 Å². The van der Waals surface area contributed by atoms with Gasteiger partial charge in [0.15, 0.2) is 5.95 Å². The van der Waals surface area contributed by atoms with Gasteiger partial charge in [0.2, 0.25) is 5.69 Å². The Balaban J connectivity index is 2.42. The van der Waals surface area contributed by atoms with E-state index in [1.54, 1.807) is 0 Å². The molecular formula is C9H5BrN2O4. The predicted molar refractivity (Wildman–Crippen MR) is 52.1 cm³/mol. The highest BCUT2D eigenvalue weighted by molar-refractivity contribution is 9.10. The summed E-state index contributed by atoms with van der Waals surface area (Å²) in [6, 6.07) is 5.87. The summed E-state index contributed by atoms with van der Waals surface area (Å²) in [5.74, 6) is -1.61. The van der Waals surface area contributed by atoms with E-state index in [9.17, 15) is 9.90 Å². The molecule has 0 aliphatic rings. The predicted octanol–water partition coefficient (Wildman–Crippen LogP) is 0.486. The van der Waals surface area contributed by atoms with Crippen LogP contribution < -0.4 is 9.79 Å². The first-order chi connectivity index (χ1) is 7.59. The molecule has 1 aromatic carbocycles. The van der Waals surface area contributed by atoms with Crippen LogP contribution >= 0.6 is 15.9 Å². The lowest BCUT2D eigenvalue weighted by atomic mass is 10.2. The van der Waals surface area contributed by atoms with Crippen LogP contribution in [0.5, 0.6) is 5.95 Å². The Morgan fingerprint density at radius 3 is 2.50 bits per heavy atom. The monoisotopic (exact) mass is 284 g/mol. The van der Waals surface area contributed by atoms with E-state index in [0.717, 1.165) is 0 Å². The van der Waals surface area contributed by atoms with Gasteiger partial charge in [-0.3, -0.25) is 0 Å². The molecule has 0 fully saturated rings. The second-order valence-electron chi connectivity index (χ2n) is 2.92. The summed E-state index contributed by atoms with van der Waals surface area (Å²) in [5.41, 5.74) is 0.689. The summed E-state index contributed by atoms with van der Waals surface area (Å²) in [5, 5.41) is 23.2. The summed E-state index contributed by atoms with van der Waals surface area (Å²) in [6.07, 6.45) is 0. The van der Waals surface area contributed by atoms with Crippen molar-refractivity contribution in [1.29, 1.82) is 0 Å². The molecule has 1 N–H and O–H groups in total. The standard InChI is InChI=1S/C9H5BrN2O4/c10-7-9(15)16-11-12(7)6-3-1-5(2-4-6)8(13)14/h1-4H,(H-,11,13,14,15). The molecule has 0 radical (unpaired) electrons. The topological polar surface area (TPSA) is 90.3 Å². The Bertz CT molecular complexity index is 535. The Hall–Kier alpha value is -1.89. The first-order valence-corrected chi connectivity index (χ1v) is 4.97. The number of carboxylic acid groups (broad SMARTS) is 1. The zero-order valence-corrected chi connectivity index (χ0v) is 9.34. The summed E-state index contributed by atoms with van der Waals surface area (Å²) >= 11 is 3.01. The Labute approximate surface area is 97.8 Å². The molecule has 0 saturated heterocycles. The zero-order chi connectivity index (χ0) is 11.7. The zero-order valence-electron chi connectivity index (χ0n) is 7.75. The van der Waals surface area contributed by atoms with Crippen LogP contribution in [0.15, 0.2) is 33.4 Å². The summed E-state index contributed by atoms with van der Waals surface area (Å²) in [4.78, 5) is 10.6. The fourth-order valence-electron chi connectivity index (χ4n) is 1.14. The van der Waals surface area contributed by atoms with Crippen LogP contribution in [0, 0.1) is 0 Å². The Morgan fingerprint density at radius 2 is 2.06 bits per heavy atom. The summed E-state index contributed by atoms with van der Waals surface area (Å²) in [6.45, 7) is 0. The number of carbonyl (C=O) groups is 1. The minimum absolute atomic E-state index is 0.149. The van der Waals surface area contributed by atoms with Gasteiger partial charge in [-0.05, 0) is 16.8 Å². The van der Waals surface area contributed by atoms with E-state index in [4.69, 9.17) is 5.11 Å². The summed E-state index contributed by atoms with van der Waals surface area (Å²) in [7, 11) is 0. The molecule has 1 heterocycles. The largest absolute Gasteiger partial charge is 0.538 e. The van der Waals surface area contributed by atoms with Gasteiger partial charge < -0.3 is 14.7 Å². The molecule has 0 aliphatic heterocycles. The van der Waals surface area contributed by atoms with Crippen LogP contribution in [0.3, 0.4) is 0 Å². The molecular weight excluding hydrogens is 280 g/mol. The second kappa shape index (κ2) is 3.93. The number of hydrogen-bond donors (Lipinski definition) is 1. The lowest BCUT2D eigenvalue weighted by molar-refractivity contribution is -0.680. The molecule has 0 unspecified atom stereocenters. The second-order valence-corrected chi connectivity index (χ2v) is 3.67. The van der Waals surface area contributed by atoms with E-state index < -0.39 is 11.9 Å². The van der Waals surface area contributed by atoms with Crippen LogP contribution in [-0.4, -0.2) is 16.3 Å². The van der Waals surface area contributed by atoms with Crippen molar-refractivity contribution < 1.29 is 24.2 Å². The number of benzene rings is 1. The van der Waals surface area contributed by atoms with Crippen LogP contribution in [-0.2, 0) is 0 Å². The fourth-order valence-corrected chi connectivity index (χ4v) is 1.49. The highest BCUT2D eigenvalue weighted by atomic mass is 79.9. The van der Waals surface area contributed by atoms with Crippen molar-refractivity contribution in [2.24, 2.45) is 0 Å². The number of carboxylic acids is 1. The third kappa shape index (κ3) is 1.76. The average molecular weight is 285 g/mol. The first-order valence-electron chi connectivity index (χ1n) is 4.18. The van der Waals surface area contributed by atoms with Crippen molar-refractivity contribution in [2.45, 2.75) is 0 Å². The van der Waals surface area contributed by atoms with E-state index in [0.29, 0.717) is 5.69 Å². The SMILES string of the molecule is O=C(O)c1ccc(-[n+]2noc([O-])c2Br)cc1. The number of nitrogens with zero attached hydrogens (tertiary/aromatic N) is 2. The molecule has 0 bridgehead atoms. The minimum Gasteiger partial charge on any atom is -0.538 e. The molecule has 0 saturated carbocycles. The molecule has 7 heteroatoms. The smallest absolute Gasteiger partial charge is 0.335 e. The van der Waals surface area contributed by atoms with Crippen molar-refractivity contribution in [3.63, 3.8) is 0 Å². The molecule has 1 aromatic heterocycles. The van der Waals surface area contributed by atoms with Crippen LogP contribution in [0.4, 0.5) is 0 Å². The van der Waals surface area contributed by atoms with Crippen molar-refractivity contribution >= 4 is 21.9 Å². The number of aromatic carboxylic acids is 1. The number of halogens is 1. The first kappa shape index (κ1) is 10.6. The van der Waals surface area contributed by atoms with Crippen molar-refractivity contribution in [3.8, 4) is 11.6 Å². The third-order valence-electron chi connectivity index (χ3n) is 1.92.